The van der Waals surface area contributed by atoms with Crippen molar-refractivity contribution in [1.82, 2.24) is 4.98 Å². The molecule has 104 valence electrons. The quantitative estimate of drug-likeness (QED) is 0.874. The van der Waals surface area contributed by atoms with Crippen molar-refractivity contribution in [3.05, 3.63) is 40.9 Å². The zero-order valence-corrected chi connectivity index (χ0v) is 11.7. The molecule has 0 aliphatic carbocycles. The number of carbonyl (C=O) groups excluding carboxylic acids is 2. The third kappa shape index (κ3) is 3.12. The number of nitrogens with one attached hydrogen (secondary N) is 1. The molecular formula is C13H12N2O4S. The fourth-order valence-corrected chi connectivity index (χ4v) is 2.19. The number of thiazole rings is 1. The number of esters is 1. The molecule has 0 radical (unpaired) electrons. The van der Waals surface area contributed by atoms with Crippen LogP contribution in [0.4, 0.5) is 5.13 Å². The van der Waals surface area contributed by atoms with Gasteiger partial charge >= 0.3 is 5.97 Å². The molecule has 6 nitrogen and oxygen atoms in total. The van der Waals surface area contributed by atoms with E-state index in [1.165, 1.54) is 20.4 Å². The Labute approximate surface area is 119 Å². The average molecular weight is 292 g/mol. The Morgan fingerprint density at radius 1 is 1.30 bits per heavy atom. The maximum Gasteiger partial charge on any atom is 0.349 e. The van der Waals surface area contributed by atoms with E-state index in [1.807, 2.05) is 0 Å². The average Bonchev–Trinajstić information content (AvgIpc) is 2.95. The van der Waals surface area contributed by atoms with Crippen molar-refractivity contribution in [2.24, 2.45) is 0 Å². The molecule has 7 heteroatoms. The van der Waals surface area contributed by atoms with E-state index in [9.17, 15) is 9.59 Å². The van der Waals surface area contributed by atoms with Crippen LogP contribution in [0.5, 0.6) is 5.75 Å². The van der Waals surface area contributed by atoms with Crippen molar-refractivity contribution in [1.29, 1.82) is 0 Å². The van der Waals surface area contributed by atoms with Gasteiger partial charge < -0.3 is 9.47 Å². The minimum atomic E-state index is -0.482. The number of nitrogens with zero attached hydrogens (tertiary/aromatic N) is 1. The molecular weight excluding hydrogens is 280 g/mol. The van der Waals surface area contributed by atoms with Crippen LogP contribution in [-0.2, 0) is 4.74 Å². The van der Waals surface area contributed by atoms with Crippen molar-refractivity contribution < 1.29 is 19.1 Å². The summed E-state index contributed by atoms with van der Waals surface area (Å²) < 4.78 is 9.62. The van der Waals surface area contributed by atoms with Crippen LogP contribution < -0.4 is 10.1 Å². The van der Waals surface area contributed by atoms with E-state index in [1.54, 1.807) is 24.3 Å². The summed E-state index contributed by atoms with van der Waals surface area (Å²) in [6.07, 6.45) is 1.36. The first-order valence-electron chi connectivity index (χ1n) is 5.63. The van der Waals surface area contributed by atoms with E-state index in [0.29, 0.717) is 21.3 Å². The van der Waals surface area contributed by atoms with Crippen LogP contribution in [0.3, 0.4) is 0 Å². The monoisotopic (exact) mass is 292 g/mol. The number of anilines is 1. The summed E-state index contributed by atoms with van der Waals surface area (Å²) in [5.41, 5.74) is 0.444. The molecule has 1 aromatic heterocycles. The van der Waals surface area contributed by atoms with Crippen molar-refractivity contribution in [2.75, 3.05) is 19.5 Å². The molecule has 0 saturated carbocycles. The molecule has 1 aromatic carbocycles. The number of rotatable bonds is 4. The summed E-state index contributed by atoms with van der Waals surface area (Å²) in [7, 11) is 2.82. The highest BCUT2D eigenvalue weighted by Crippen LogP contribution is 2.20. The van der Waals surface area contributed by atoms with Crippen molar-refractivity contribution in [2.45, 2.75) is 0 Å². The smallest absolute Gasteiger partial charge is 0.349 e. The van der Waals surface area contributed by atoms with Gasteiger partial charge in [-0.15, -0.1) is 0 Å². The van der Waals surface area contributed by atoms with Gasteiger partial charge in [-0.3, -0.25) is 10.1 Å². The summed E-state index contributed by atoms with van der Waals surface area (Å²) in [5, 5.41) is 2.95. The zero-order chi connectivity index (χ0) is 14.5. The van der Waals surface area contributed by atoms with Gasteiger partial charge in [-0.1, -0.05) is 17.4 Å². The van der Waals surface area contributed by atoms with Gasteiger partial charge in [0.1, 0.15) is 10.6 Å². The van der Waals surface area contributed by atoms with E-state index in [4.69, 9.17) is 4.74 Å². The highest BCUT2D eigenvalue weighted by molar-refractivity contribution is 7.17. The van der Waals surface area contributed by atoms with E-state index in [2.05, 4.69) is 15.0 Å². The summed E-state index contributed by atoms with van der Waals surface area (Å²) in [6, 6.07) is 6.74. The van der Waals surface area contributed by atoms with Crippen LogP contribution in [0.15, 0.2) is 30.5 Å². The molecule has 0 aliphatic heterocycles. The molecule has 0 saturated heterocycles. The van der Waals surface area contributed by atoms with E-state index >= 15 is 0 Å². The first-order chi connectivity index (χ1) is 9.63. The fraction of sp³-hybridized carbons (Fsp3) is 0.154. The molecule has 20 heavy (non-hydrogen) atoms. The summed E-state index contributed by atoms with van der Waals surface area (Å²) in [6.45, 7) is 0. The first-order valence-corrected chi connectivity index (χ1v) is 6.45. The predicted octanol–water partition coefficient (Wildman–Crippen LogP) is 2.19. The maximum absolute atomic E-state index is 12.0. The van der Waals surface area contributed by atoms with Crippen LogP contribution in [0.1, 0.15) is 20.0 Å². The molecule has 2 rings (SSSR count). The molecule has 0 fully saturated rings. The molecule has 2 aromatic rings. The molecule has 0 unspecified atom stereocenters. The van der Waals surface area contributed by atoms with Crippen molar-refractivity contribution >= 4 is 28.3 Å². The van der Waals surface area contributed by atoms with Crippen LogP contribution in [-0.4, -0.2) is 31.1 Å². The third-order valence-electron chi connectivity index (χ3n) is 2.44. The Bertz CT molecular complexity index is 639. The first kappa shape index (κ1) is 14.0. The van der Waals surface area contributed by atoms with Crippen LogP contribution in [0.2, 0.25) is 0 Å². The van der Waals surface area contributed by atoms with Gasteiger partial charge in [0.15, 0.2) is 5.13 Å². The van der Waals surface area contributed by atoms with Gasteiger partial charge in [0.05, 0.1) is 20.4 Å². The van der Waals surface area contributed by atoms with Crippen LogP contribution in [0, 0.1) is 0 Å². The Morgan fingerprint density at radius 3 is 2.80 bits per heavy atom. The lowest BCUT2D eigenvalue weighted by Crippen LogP contribution is -2.11. The number of ether oxygens (including phenoxy) is 2. The van der Waals surface area contributed by atoms with Gasteiger partial charge in [-0.25, -0.2) is 9.78 Å². The third-order valence-corrected chi connectivity index (χ3v) is 3.34. The fourth-order valence-electron chi connectivity index (χ4n) is 1.46. The molecule has 1 heterocycles. The standard InChI is InChI=1S/C13H12N2O4S/c1-18-9-5-3-4-8(6-9)11(16)15-13-14-7-10(20-13)12(17)19-2/h3-7H,1-2H3,(H,14,15,16). The lowest BCUT2D eigenvalue weighted by Gasteiger charge is -2.04. The van der Waals surface area contributed by atoms with E-state index in [0.717, 1.165) is 11.3 Å². The van der Waals surface area contributed by atoms with Gasteiger partial charge in [0.25, 0.3) is 5.91 Å². The number of hydrogen-bond acceptors (Lipinski definition) is 6. The van der Waals surface area contributed by atoms with Gasteiger partial charge in [-0.05, 0) is 18.2 Å². The Morgan fingerprint density at radius 2 is 2.10 bits per heavy atom. The van der Waals surface area contributed by atoms with Crippen molar-refractivity contribution in [3.8, 4) is 5.75 Å². The number of benzene rings is 1. The molecule has 1 amide bonds. The Balaban J connectivity index is 2.11. The Kier molecular flexibility index (Phi) is 4.31. The second kappa shape index (κ2) is 6.16. The number of aromatic nitrogens is 1. The van der Waals surface area contributed by atoms with Crippen molar-refractivity contribution in [3.63, 3.8) is 0 Å². The summed E-state index contributed by atoms with van der Waals surface area (Å²) in [4.78, 5) is 27.6. The minimum Gasteiger partial charge on any atom is -0.497 e. The predicted molar refractivity (Wildman–Crippen MR) is 74.4 cm³/mol. The second-order valence-corrected chi connectivity index (χ2v) is 4.74. The topological polar surface area (TPSA) is 77.5 Å². The summed E-state index contributed by atoms with van der Waals surface area (Å²) in [5.74, 6) is -0.217. The normalized spacial score (nSPS) is 9.90. The van der Waals surface area contributed by atoms with E-state index < -0.39 is 5.97 Å². The maximum atomic E-state index is 12.0. The minimum absolute atomic E-state index is 0.324. The number of carbonyl (C=O) groups is 2. The number of methoxy groups -OCH3 is 2. The van der Waals surface area contributed by atoms with Gasteiger partial charge in [0.2, 0.25) is 0 Å². The van der Waals surface area contributed by atoms with Gasteiger partial charge in [-0.2, -0.15) is 0 Å². The zero-order valence-electron chi connectivity index (χ0n) is 10.9. The SMILES string of the molecule is COC(=O)c1cnc(NC(=O)c2cccc(OC)c2)s1. The molecule has 0 atom stereocenters. The number of hydrogen-bond donors (Lipinski definition) is 1. The number of amides is 1. The molecule has 1 N–H and O–H groups in total. The largest absolute Gasteiger partial charge is 0.497 e. The second-order valence-electron chi connectivity index (χ2n) is 3.71. The van der Waals surface area contributed by atoms with Gasteiger partial charge in [0, 0.05) is 5.56 Å². The molecule has 0 bridgehead atoms. The molecule has 0 aliphatic rings. The highest BCUT2D eigenvalue weighted by Gasteiger charge is 2.13. The Hall–Kier alpha value is -2.41. The highest BCUT2D eigenvalue weighted by atomic mass is 32.1. The van der Waals surface area contributed by atoms with E-state index in [-0.39, 0.29) is 5.91 Å². The van der Waals surface area contributed by atoms with Crippen LogP contribution >= 0.6 is 11.3 Å². The van der Waals surface area contributed by atoms with Crippen LogP contribution in [0.25, 0.3) is 0 Å². The summed E-state index contributed by atoms with van der Waals surface area (Å²) >= 11 is 1.05. The lowest BCUT2D eigenvalue weighted by atomic mass is 10.2. The lowest BCUT2D eigenvalue weighted by molar-refractivity contribution is 0.0606. The molecule has 0 spiro atoms.